The first-order valence-electron chi connectivity index (χ1n) is 4.75. The van der Waals surface area contributed by atoms with Crippen molar-refractivity contribution >= 4 is 0 Å². The molecule has 0 amide bonds. The van der Waals surface area contributed by atoms with Crippen molar-refractivity contribution in [2.45, 2.75) is 52.1 Å². The lowest BCUT2D eigenvalue weighted by Gasteiger charge is -2.11. The van der Waals surface area contributed by atoms with E-state index in [1.54, 1.807) is 0 Å². The van der Waals surface area contributed by atoms with E-state index >= 15 is 0 Å². The van der Waals surface area contributed by atoms with Gasteiger partial charge in [-0.2, -0.15) is 5.26 Å². The predicted octanol–water partition coefficient (Wildman–Crippen LogP) is 2.48. The highest BCUT2D eigenvalue weighted by atomic mass is 16.3. The van der Waals surface area contributed by atoms with E-state index in [1.807, 2.05) is 6.92 Å². The Labute approximate surface area is 75.2 Å². The molecular formula is C10H19NO. The minimum absolute atomic E-state index is 0.144. The molecule has 2 unspecified atom stereocenters. The van der Waals surface area contributed by atoms with Crippen LogP contribution < -0.4 is 0 Å². The Morgan fingerprint density at radius 1 is 1.33 bits per heavy atom. The summed E-state index contributed by atoms with van der Waals surface area (Å²) < 4.78 is 0. The van der Waals surface area contributed by atoms with E-state index in [0.29, 0.717) is 12.3 Å². The molecule has 0 aromatic carbocycles. The molecule has 0 rings (SSSR count). The summed E-state index contributed by atoms with van der Waals surface area (Å²) in [5, 5.41) is 17.6. The van der Waals surface area contributed by atoms with Crippen LogP contribution in [0.2, 0.25) is 0 Å². The second kappa shape index (κ2) is 7.12. The maximum atomic E-state index is 9.27. The number of nitrogens with zero attached hydrogens (tertiary/aromatic N) is 1. The lowest BCUT2D eigenvalue weighted by atomic mass is 9.98. The van der Waals surface area contributed by atoms with Crippen molar-refractivity contribution in [1.29, 1.82) is 5.26 Å². The quantitative estimate of drug-likeness (QED) is 0.663. The Morgan fingerprint density at radius 2 is 2.00 bits per heavy atom. The largest absolute Gasteiger partial charge is 0.393 e. The molecule has 0 heterocycles. The van der Waals surface area contributed by atoms with Gasteiger partial charge in [-0.15, -0.1) is 0 Å². The van der Waals surface area contributed by atoms with Gasteiger partial charge in [0.1, 0.15) is 0 Å². The Kier molecular flexibility index (Phi) is 6.79. The molecule has 2 heteroatoms. The molecule has 0 aromatic rings. The van der Waals surface area contributed by atoms with Gasteiger partial charge >= 0.3 is 0 Å². The third-order valence-electron chi connectivity index (χ3n) is 2.21. The second-order valence-electron chi connectivity index (χ2n) is 3.44. The molecule has 0 aromatic heterocycles. The van der Waals surface area contributed by atoms with Crippen LogP contribution in [-0.2, 0) is 0 Å². The van der Waals surface area contributed by atoms with Crippen molar-refractivity contribution in [3.63, 3.8) is 0 Å². The van der Waals surface area contributed by atoms with Crippen LogP contribution >= 0.6 is 0 Å². The topological polar surface area (TPSA) is 44.0 Å². The monoisotopic (exact) mass is 169 g/mol. The molecular weight excluding hydrogens is 150 g/mol. The van der Waals surface area contributed by atoms with Crippen molar-refractivity contribution in [2.24, 2.45) is 5.92 Å². The van der Waals surface area contributed by atoms with Gasteiger partial charge in [-0.05, 0) is 31.6 Å². The second-order valence-corrected chi connectivity index (χ2v) is 3.44. The minimum Gasteiger partial charge on any atom is -0.393 e. The lowest BCUT2D eigenvalue weighted by Crippen LogP contribution is -2.06. The number of nitriles is 1. The molecule has 0 aliphatic heterocycles. The molecule has 0 aliphatic rings. The van der Waals surface area contributed by atoms with E-state index < -0.39 is 0 Å². The highest BCUT2D eigenvalue weighted by Crippen LogP contribution is 2.14. The van der Waals surface area contributed by atoms with E-state index in [1.165, 1.54) is 0 Å². The molecule has 0 aliphatic carbocycles. The van der Waals surface area contributed by atoms with E-state index in [0.717, 1.165) is 25.7 Å². The molecule has 0 spiro atoms. The van der Waals surface area contributed by atoms with Gasteiger partial charge in [0.05, 0.1) is 12.2 Å². The number of aliphatic hydroxyl groups excluding tert-OH is 1. The predicted molar refractivity (Wildman–Crippen MR) is 49.5 cm³/mol. The first-order valence-corrected chi connectivity index (χ1v) is 4.75. The van der Waals surface area contributed by atoms with E-state index in [2.05, 4.69) is 13.0 Å². The molecule has 2 nitrogen and oxygen atoms in total. The van der Waals surface area contributed by atoms with Crippen molar-refractivity contribution in [2.75, 3.05) is 0 Å². The maximum absolute atomic E-state index is 9.27. The summed E-state index contributed by atoms with van der Waals surface area (Å²) >= 11 is 0. The van der Waals surface area contributed by atoms with Crippen molar-refractivity contribution in [3.8, 4) is 6.07 Å². The summed E-state index contributed by atoms with van der Waals surface area (Å²) in [6, 6.07) is 2.14. The van der Waals surface area contributed by atoms with Gasteiger partial charge in [0.2, 0.25) is 0 Å². The van der Waals surface area contributed by atoms with Gasteiger partial charge in [-0.1, -0.05) is 13.8 Å². The molecule has 1 N–H and O–H groups in total. The third kappa shape index (κ3) is 6.18. The van der Waals surface area contributed by atoms with Crippen molar-refractivity contribution in [1.82, 2.24) is 0 Å². The zero-order valence-corrected chi connectivity index (χ0v) is 8.08. The summed E-state index contributed by atoms with van der Waals surface area (Å²) in [6.07, 6.45) is 4.22. The molecule has 0 saturated heterocycles. The van der Waals surface area contributed by atoms with Crippen molar-refractivity contribution in [3.05, 3.63) is 0 Å². The standard InChI is InChI=1S/C10H19NO/c1-3-10(12)7-6-9(2)5-4-8-11/h9-10,12H,3-7H2,1-2H3. The van der Waals surface area contributed by atoms with E-state index in [-0.39, 0.29) is 6.10 Å². The number of aliphatic hydroxyl groups is 1. The summed E-state index contributed by atoms with van der Waals surface area (Å²) in [5.74, 6) is 0.575. The fraction of sp³-hybridized carbons (Fsp3) is 0.900. The molecule has 70 valence electrons. The summed E-state index contributed by atoms with van der Waals surface area (Å²) in [6.45, 7) is 4.13. The third-order valence-corrected chi connectivity index (χ3v) is 2.21. The van der Waals surface area contributed by atoms with Crippen LogP contribution in [0.4, 0.5) is 0 Å². The molecule has 12 heavy (non-hydrogen) atoms. The SMILES string of the molecule is CCC(O)CCC(C)CCC#N. The average Bonchev–Trinajstić information content (AvgIpc) is 2.10. The zero-order chi connectivity index (χ0) is 9.40. The first-order chi connectivity index (χ1) is 5.70. The molecule has 2 atom stereocenters. The highest BCUT2D eigenvalue weighted by molar-refractivity contribution is 4.70. The van der Waals surface area contributed by atoms with Gasteiger partial charge in [-0.3, -0.25) is 0 Å². The lowest BCUT2D eigenvalue weighted by molar-refractivity contribution is 0.151. The summed E-state index contributed by atoms with van der Waals surface area (Å²) in [4.78, 5) is 0. The fourth-order valence-corrected chi connectivity index (χ4v) is 1.14. The van der Waals surface area contributed by atoms with Gasteiger partial charge < -0.3 is 5.11 Å². The van der Waals surface area contributed by atoms with Crippen LogP contribution in [0.3, 0.4) is 0 Å². The zero-order valence-electron chi connectivity index (χ0n) is 8.08. The van der Waals surface area contributed by atoms with Gasteiger partial charge in [0.15, 0.2) is 0 Å². The maximum Gasteiger partial charge on any atom is 0.0621 e. The number of hydrogen-bond acceptors (Lipinski definition) is 2. The summed E-state index contributed by atoms with van der Waals surface area (Å²) in [5.41, 5.74) is 0. The van der Waals surface area contributed by atoms with Gasteiger partial charge in [0, 0.05) is 6.42 Å². The molecule has 0 radical (unpaired) electrons. The Bertz CT molecular complexity index is 139. The smallest absolute Gasteiger partial charge is 0.0621 e. The Morgan fingerprint density at radius 3 is 2.50 bits per heavy atom. The van der Waals surface area contributed by atoms with Crippen LogP contribution in [0.1, 0.15) is 46.0 Å². The van der Waals surface area contributed by atoms with Crippen LogP contribution in [0.25, 0.3) is 0 Å². The number of rotatable bonds is 6. The highest BCUT2D eigenvalue weighted by Gasteiger charge is 2.05. The number of hydrogen-bond donors (Lipinski definition) is 1. The van der Waals surface area contributed by atoms with Crippen LogP contribution in [0.15, 0.2) is 0 Å². The summed E-state index contributed by atoms with van der Waals surface area (Å²) in [7, 11) is 0. The van der Waals surface area contributed by atoms with Crippen molar-refractivity contribution < 1.29 is 5.11 Å². The van der Waals surface area contributed by atoms with Crippen LogP contribution in [0, 0.1) is 17.2 Å². The average molecular weight is 169 g/mol. The minimum atomic E-state index is -0.144. The Balaban J connectivity index is 3.31. The Hall–Kier alpha value is -0.550. The molecule has 0 saturated carbocycles. The normalized spacial score (nSPS) is 15.2. The van der Waals surface area contributed by atoms with Crippen LogP contribution in [0.5, 0.6) is 0 Å². The molecule has 0 fully saturated rings. The van der Waals surface area contributed by atoms with Crippen LogP contribution in [-0.4, -0.2) is 11.2 Å². The van der Waals surface area contributed by atoms with Gasteiger partial charge in [-0.25, -0.2) is 0 Å². The molecule has 0 bridgehead atoms. The van der Waals surface area contributed by atoms with Gasteiger partial charge in [0.25, 0.3) is 0 Å². The first kappa shape index (κ1) is 11.4. The van der Waals surface area contributed by atoms with E-state index in [4.69, 9.17) is 5.26 Å². The van der Waals surface area contributed by atoms with E-state index in [9.17, 15) is 5.11 Å². The fourth-order valence-electron chi connectivity index (χ4n) is 1.14.